The Hall–Kier alpha value is -4.16. The topological polar surface area (TPSA) is 125 Å². The van der Waals surface area contributed by atoms with Gasteiger partial charge in [0.05, 0.1) is 44.2 Å². The lowest BCUT2D eigenvalue weighted by molar-refractivity contribution is -0.257. The molecule has 2 saturated heterocycles. The second kappa shape index (κ2) is 23.6. The highest BCUT2D eigenvalue weighted by molar-refractivity contribution is 6.74. The predicted molar refractivity (Wildman–Crippen MR) is 268 cm³/mol. The fourth-order valence-corrected chi connectivity index (χ4v) is 10.6. The molecule has 11 nitrogen and oxygen atoms in total. The van der Waals surface area contributed by atoms with Gasteiger partial charge in [-0.2, -0.15) is 0 Å². The summed E-state index contributed by atoms with van der Waals surface area (Å²) in [7, 11) is -5.10. The third-order valence-electron chi connectivity index (χ3n) is 14.0. The molecule has 0 amide bonds. The molecule has 4 aromatic rings. The number of Topliss-reactive ketones (excluding diaryl/α,β-unsaturated/α-hetero) is 2. The van der Waals surface area contributed by atoms with Crippen LogP contribution in [0.15, 0.2) is 121 Å². The van der Waals surface area contributed by atoms with E-state index in [1.165, 1.54) is 0 Å². The van der Waals surface area contributed by atoms with Gasteiger partial charge in [0.2, 0.25) is 11.6 Å². The zero-order valence-corrected chi connectivity index (χ0v) is 43.8. The summed E-state index contributed by atoms with van der Waals surface area (Å²) in [6, 6.07) is 38.1. The second-order valence-corrected chi connectivity index (χ2v) is 30.7. The van der Waals surface area contributed by atoms with Gasteiger partial charge in [0, 0.05) is 13.0 Å². The molecular formula is C55H74O11Si2. The molecule has 68 heavy (non-hydrogen) atoms. The molecule has 13 heteroatoms. The van der Waals surface area contributed by atoms with E-state index >= 15 is 9.59 Å². The number of rotatable bonds is 21. The summed E-state index contributed by atoms with van der Waals surface area (Å²) in [5.74, 6) is -2.44. The Bertz CT molecular complexity index is 2190. The minimum atomic E-state index is -2.67. The third-order valence-corrected chi connectivity index (χ3v) is 22.9. The number of ether oxygens (including phenoxy) is 6. The second-order valence-electron chi connectivity index (χ2n) is 21.2. The Kier molecular flexibility index (Phi) is 18.5. The third kappa shape index (κ3) is 14.2. The average Bonchev–Trinajstić information content (AvgIpc) is 3.31. The van der Waals surface area contributed by atoms with E-state index in [0.717, 1.165) is 16.7 Å². The van der Waals surface area contributed by atoms with E-state index in [-0.39, 0.29) is 35.5 Å². The van der Waals surface area contributed by atoms with Crippen LogP contribution in [0, 0.1) is 0 Å². The van der Waals surface area contributed by atoms with Crippen LogP contribution in [0.25, 0.3) is 0 Å². The first kappa shape index (κ1) is 53.2. The zero-order valence-electron chi connectivity index (χ0n) is 41.8. The average molecular weight is 967 g/mol. The Morgan fingerprint density at radius 2 is 1.10 bits per heavy atom. The molecule has 8 atom stereocenters. The van der Waals surface area contributed by atoms with Gasteiger partial charge in [-0.1, -0.05) is 151 Å². The summed E-state index contributed by atoms with van der Waals surface area (Å²) >= 11 is 0. The predicted octanol–water partition coefficient (Wildman–Crippen LogP) is 10.9. The van der Waals surface area contributed by atoms with Crippen LogP contribution in [-0.4, -0.2) is 96.2 Å². The number of hydrogen-bond acceptors (Lipinski definition) is 11. The number of hydrogen-bond donors (Lipinski definition) is 0. The Morgan fingerprint density at radius 3 is 1.63 bits per heavy atom. The molecule has 2 aliphatic rings. The van der Waals surface area contributed by atoms with E-state index in [4.69, 9.17) is 37.3 Å². The van der Waals surface area contributed by atoms with Gasteiger partial charge in [0.15, 0.2) is 22.7 Å². The van der Waals surface area contributed by atoms with E-state index in [2.05, 4.69) is 67.7 Å². The van der Waals surface area contributed by atoms with Gasteiger partial charge in [-0.05, 0) is 77.9 Å². The van der Waals surface area contributed by atoms with Crippen molar-refractivity contribution in [1.82, 2.24) is 0 Å². The number of benzene rings is 4. The minimum absolute atomic E-state index is 0.0880. The maximum absolute atomic E-state index is 15.0. The first-order chi connectivity index (χ1) is 32.2. The van der Waals surface area contributed by atoms with Gasteiger partial charge in [-0.3, -0.25) is 9.59 Å². The lowest BCUT2D eigenvalue weighted by Crippen LogP contribution is -2.64. The molecule has 0 aromatic heterocycles. The number of esters is 1. The molecule has 0 saturated carbocycles. The van der Waals surface area contributed by atoms with Crippen LogP contribution >= 0.6 is 0 Å². The van der Waals surface area contributed by atoms with Gasteiger partial charge in [-0.15, -0.1) is 0 Å². The van der Waals surface area contributed by atoms with Gasteiger partial charge in [0.1, 0.15) is 30.5 Å². The van der Waals surface area contributed by atoms with E-state index in [1.54, 1.807) is 30.3 Å². The molecule has 0 N–H and O–H groups in total. The van der Waals surface area contributed by atoms with Gasteiger partial charge in [-0.25, -0.2) is 4.79 Å². The summed E-state index contributed by atoms with van der Waals surface area (Å²) in [6.07, 6.45) is -6.49. The quantitative estimate of drug-likeness (QED) is 0.0450. The molecule has 6 rings (SSSR count). The molecule has 0 unspecified atom stereocenters. The van der Waals surface area contributed by atoms with Crippen LogP contribution < -0.4 is 0 Å². The molecule has 4 aromatic carbocycles. The summed E-state index contributed by atoms with van der Waals surface area (Å²) in [4.78, 5) is 43.9. The Morgan fingerprint density at radius 1 is 0.618 bits per heavy atom. The highest BCUT2D eigenvalue weighted by Gasteiger charge is 2.54. The van der Waals surface area contributed by atoms with E-state index in [1.807, 2.05) is 91.0 Å². The summed E-state index contributed by atoms with van der Waals surface area (Å²) in [5.41, 5.74) is 3.12. The van der Waals surface area contributed by atoms with Crippen molar-refractivity contribution in [2.45, 2.75) is 166 Å². The highest BCUT2D eigenvalue weighted by atomic mass is 28.4. The maximum Gasteiger partial charge on any atom is 0.338 e. The normalized spacial score (nSPS) is 23.1. The van der Waals surface area contributed by atoms with E-state index in [0.29, 0.717) is 26.1 Å². The lowest BCUT2D eigenvalue weighted by Gasteiger charge is -2.50. The van der Waals surface area contributed by atoms with Crippen LogP contribution in [0.2, 0.25) is 36.3 Å². The first-order valence-electron chi connectivity index (χ1n) is 24.1. The van der Waals surface area contributed by atoms with E-state index in [9.17, 15) is 4.79 Å². The molecule has 0 spiro atoms. The fourth-order valence-electron chi connectivity index (χ4n) is 7.95. The largest absolute Gasteiger partial charge is 0.447 e. The van der Waals surface area contributed by atoms with Crippen LogP contribution in [-0.2, 0) is 66.7 Å². The van der Waals surface area contributed by atoms with Crippen LogP contribution in [0.3, 0.4) is 0 Å². The fraction of sp³-hybridized carbons (Fsp3) is 0.509. The molecule has 0 aliphatic carbocycles. The molecule has 0 radical (unpaired) electrons. The maximum atomic E-state index is 15.0. The molecule has 2 aliphatic heterocycles. The lowest BCUT2D eigenvalue weighted by atomic mass is 9.89. The molecule has 0 bridgehead atoms. The standard InChI is InChI=1S/C55H74O11Si2/c1-54(2,3)67(7,8)65-44-32-23-33-60-48(44)51(64-53(58)42-30-21-14-22-31-42)47(57)43(56)34-45-50(66-68(9,10)55(4,5)6)52(62-37-41-28-19-13-20-29-41)49(61-36-40-26-17-12-18-27-40)46(63-45)38-59-35-39-24-15-11-16-25-39/h11-22,24-31,44-46,48-52H,23,32-38H2,1-10H3/t44-,45-,46+,48-,49+,50-,51-,52-/m0/s1. The van der Waals surface area contributed by atoms with Crippen molar-refractivity contribution >= 4 is 34.2 Å². The Balaban J connectivity index is 1.39. The van der Waals surface area contributed by atoms with Crippen molar-refractivity contribution in [3.8, 4) is 0 Å². The summed E-state index contributed by atoms with van der Waals surface area (Å²) in [5, 5.41) is -0.419. The smallest absolute Gasteiger partial charge is 0.338 e. The van der Waals surface area contributed by atoms with Gasteiger partial charge in [0.25, 0.3) is 0 Å². The highest BCUT2D eigenvalue weighted by Crippen LogP contribution is 2.42. The minimum Gasteiger partial charge on any atom is -0.447 e. The monoisotopic (exact) mass is 966 g/mol. The van der Waals surface area contributed by atoms with Crippen molar-refractivity contribution in [3.05, 3.63) is 144 Å². The SMILES string of the molecule is CC(C)(C)[Si](C)(C)O[C@@H]1[C@@H](OCc2ccccc2)[C@H](OCc2ccccc2)[C@@H](COCc2ccccc2)O[C@H]1CC(=O)C(=O)[C@H](OC(=O)c1ccccc1)[C@H]1OCCC[C@@H]1O[Si](C)(C)C(C)(C)C. The van der Waals surface area contributed by atoms with Crippen molar-refractivity contribution < 1.29 is 51.7 Å². The molecule has 2 fully saturated rings. The van der Waals surface area contributed by atoms with Crippen molar-refractivity contribution in [3.63, 3.8) is 0 Å². The van der Waals surface area contributed by atoms with Crippen LogP contribution in [0.4, 0.5) is 0 Å². The molecular weight excluding hydrogens is 893 g/mol. The molecule has 368 valence electrons. The van der Waals surface area contributed by atoms with Gasteiger partial charge < -0.3 is 37.3 Å². The van der Waals surface area contributed by atoms with Crippen molar-refractivity contribution in [2.75, 3.05) is 13.2 Å². The summed E-state index contributed by atoms with van der Waals surface area (Å²) in [6.45, 7) is 22.6. The first-order valence-corrected chi connectivity index (χ1v) is 29.9. The van der Waals surface area contributed by atoms with Crippen molar-refractivity contribution in [2.24, 2.45) is 0 Å². The van der Waals surface area contributed by atoms with Gasteiger partial charge >= 0.3 is 5.97 Å². The van der Waals surface area contributed by atoms with Crippen LogP contribution in [0.5, 0.6) is 0 Å². The van der Waals surface area contributed by atoms with Crippen molar-refractivity contribution in [1.29, 1.82) is 0 Å². The number of carbonyl (C=O) groups excluding carboxylic acids is 3. The van der Waals surface area contributed by atoms with E-state index < -0.39 is 89.4 Å². The zero-order chi connectivity index (χ0) is 49.1. The Labute approximate surface area is 406 Å². The summed E-state index contributed by atoms with van der Waals surface area (Å²) < 4.78 is 54.0. The number of carbonyl (C=O) groups is 3. The number of ketones is 2. The molecule has 2 heterocycles. The van der Waals surface area contributed by atoms with Crippen LogP contribution in [0.1, 0.15) is 87.9 Å².